The Bertz CT molecular complexity index is 1120. The zero-order chi connectivity index (χ0) is 30.7. The molecule has 41 heavy (non-hydrogen) atoms. The van der Waals surface area contributed by atoms with Crippen molar-refractivity contribution in [1.82, 2.24) is 15.5 Å². The Labute approximate surface area is 238 Å². The molecule has 1 aliphatic rings. The van der Waals surface area contributed by atoms with Crippen LogP contribution in [0.25, 0.3) is 0 Å². The second-order valence-electron chi connectivity index (χ2n) is 10.4. The zero-order valence-corrected chi connectivity index (χ0v) is 24.1. The fourth-order valence-electron chi connectivity index (χ4n) is 4.48. The highest BCUT2D eigenvalue weighted by Gasteiger charge is 2.38. The second kappa shape index (κ2) is 15.8. The van der Waals surface area contributed by atoms with Gasteiger partial charge in [-0.25, -0.2) is 18.4 Å². The molecule has 0 aromatic heterocycles. The summed E-state index contributed by atoms with van der Waals surface area (Å²) in [6.45, 7) is 7.18. The van der Waals surface area contributed by atoms with Crippen LogP contribution in [-0.4, -0.2) is 72.4 Å². The first-order chi connectivity index (χ1) is 19.3. The molecule has 2 N–H and O–H groups in total. The number of halogens is 2. The maximum absolute atomic E-state index is 13.8. The minimum atomic E-state index is -1.48. The van der Waals surface area contributed by atoms with Crippen molar-refractivity contribution in [3.63, 3.8) is 0 Å². The number of esters is 2. The Morgan fingerprint density at radius 3 is 2.32 bits per heavy atom. The van der Waals surface area contributed by atoms with Gasteiger partial charge in [0, 0.05) is 26.0 Å². The first kappa shape index (κ1) is 33.4. The first-order valence-electron chi connectivity index (χ1n) is 13.6. The van der Waals surface area contributed by atoms with Crippen molar-refractivity contribution in [3.8, 4) is 0 Å². The second-order valence-corrected chi connectivity index (χ2v) is 10.4. The smallest absolute Gasteiger partial charge is 0.332 e. The zero-order valence-electron chi connectivity index (χ0n) is 24.1. The van der Waals surface area contributed by atoms with Crippen molar-refractivity contribution in [2.45, 2.75) is 84.0 Å². The number of methoxy groups -OCH3 is 1. The summed E-state index contributed by atoms with van der Waals surface area (Å²) in [6, 6.07) is -0.918. The molecule has 1 aromatic carbocycles. The summed E-state index contributed by atoms with van der Waals surface area (Å²) >= 11 is 0. The lowest BCUT2D eigenvalue weighted by Gasteiger charge is -2.28. The monoisotopic (exact) mass is 579 g/mol. The Hall–Kier alpha value is -3.83. The number of hydrogen-bond donors (Lipinski definition) is 2. The highest BCUT2D eigenvalue weighted by molar-refractivity contribution is 5.94. The number of carbonyl (C=O) groups is 5. The van der Waals surface area contributed by atoms with E-state index in [9.17, 15) is 32.8 Å². The molecule has 2 rings (SSSR count). The summed E-state index contributed by atoms with van der Waals surface area (Å²) < 4.78 is 37.9. The topological polar surface area (TPSA) is 131 Å². The van der Waals surface area contributed by atoms with Crippen LogP contribution in [-0.2, 0) is 39.9 Å². The van der Waals surface area contributed by atoms with Crippen LogP contribution in [0.4, 0.5) is 8.78 Å². The molecular formula is C29H39F2N3O7. The Kier molecular flexibility index (Phi) is 12.9. The summed E-state index contributed by atoms with van der Waals surface area (Å²) in [5, 5.41) is 4.95. The van der Waals surface area contributed by atoms with Crippen LogP contribution in [0, 0.1) is 17.6 Å². The van der Waals surface area contributed by atoms with Gasteiger partial charge < -0.3 is 25.0 Å². The normalized spacial score (nSPS) is 17.2. The van der Waals surface area contributed by atoms with Gasteiger partial charge in [-0.15, -0.1) is 0 Å². The highest BCUT2D eigenvalue weighted by atomic mass is 19.1. The quantitative estimate of drug-likeness (QED) is 0.271. The molecule has 1 saturated heterocycles. The van der Waals surface area contributed by atoms with Crippen LogP contribution in [0.5, 0.6) is 0 Å². The van der Waals surface area contributed by atoms with Gasteiger partial charge in [-0.2, -0.15) is 0 Å². The maximum Gasteiger partial charge on any atom is 0.332 e. The van der Waals surface area contributed by atoms with E-state index >= 15 is 0 Å². The predicted molar refractivity (Wildman–Crippen MR) is 145 cm³/mol. The van der Waals surface area contributed by atoms with E-state index in [0.29, 0.717) is 37.8 Å². The fourth-order valence-corrected chi connectivity index (χ4v) is 4.48. The largest absolute Gasteiger partial charge is 0.467 e. The number of ether oxygens (including phenoxy) is 2. The molecule has 0 saturated carbocycles. The number of carbonyl (C=O) groups excluding carboxylic acids is 5. The SMILES string of the molecule is COC(=O)[C@@H](NC(=O)[C@H](Cc1cc(F)cc(F)c1)NC(=O)/C=C/CCC(C)C)[C@H](C)OC(=O)C1CCCN1C(C)=O. The number of allylic oxidation sites excluding steroid dienone is 1. The number of likely N-dealkylation sites (tertiary alicyclic amines) is 1. The van der Waals surface area contributed by atoms with E-state index in [1.165, 1.54) is 24.8 Å². The number of nitrogens with zero attached hydrogens (tertiary/aromatic N) is 1. The Balaban J connectivity index is 2.22. The van der Waals surface area contributed by atoms with Gasteiger partial charge in [0.15, 0.2) is 6.04 Å². The van der Waals surface area contributed by atoms with Gasteiger partial charge in [0.1, 0.15) is 29.8 Å². The fraction of sp³-hybridized carbons (Fsp3) is 0.552. The molecule has 1 unspecified atom stereocenters. The van der Waals surface area contributed by atoms with E-state index in [-0.39, 0.29) is 17.9 Å². The van der Waals surface area contributed by atoms with Gasteiger partial charge in [-0.05, 0) is 62.3 Å². The molecule has 1 aliphatic heterocycles. The third-order valence-electron chi connectivity index (χ3n) is 6.63. The summed E-state index contributed by atoms with van der Waals surface area (Å²) in [6.07, 6.45) is 3.88. The van der Waals surface area contributed by atoms with Gasteiger partial charge in [0.05, 0.1) is 7.11 Å². The van der Waals surface area contributed by atoms with Crippen LogP contribution < -0.4 is 10.6 Å². The minimum Gasteiger partial charge on any atom is -0.467 e. The van der Waals surface area contributed by atoms with Crippen LogP contribution in [0.3, 0.4) is 0 Å². The number of benzene rings is 1. The van der Waals surface area contributed by atoms with Gasteiger partial charge in [-0.3, -0.25) is 14.4 Å². The minimum absolute atomic E-state index is 0.0892. The van der Waals surface area contributed by atoms with Crippen LogP contribution in [0.2, 0.25) is 0 Å². The average molecular weight is 580 g/mol. The molecule has 0 aliphatic carbocycles. The van der Waals surface area contributed by atoms with E-state index in [1.807, 2.05) is 13.8 Å². The standard InChI is InChI=1S/C29H39F2N3O7/c1-17(2)9-6-7-11-25(36)32-23(15-20-13-21(30)16-22(31)14-20)27(37)33-26(29(39)40-5)18(3)41-28(38)24-10-8-12-34(24)19(4)35/h7,11,13-14,16-18,23-24,26H,6,8-10,12,15H2,1-5H3,(H,32,36)(H,33,37)/b11-7+/t18-,23-,24?,26-/m0/s1. The van der Waals surface area contributed by atoms with E-state index in [2.05, 4.69) is 10.6 Å². The van der Waals surface area contributed by atoms with Crippen LogP contribution in [0.1, 0.15) is 58.9 Å². The summed E-state index contributed by atoms with van der Waals surface area (Å²) in [5.41, 5.74) is 0.0892. The molecule has 0 bridgehead atoms. The third kappa shape index (κ3) is 10.6. The molecule has 1 aromatic rings. The molecule has 226 valence electrons. The van der Waals surface area contributed by atoms with Crippen molar-refractivity contribution < 1.29 is 42.2 Å². The van der Waals surface area contributed by atoms with Gasteiger partial charge in [-0.1, -0.05) is 19.9 Å². The molecule has 4 atom stereocenters. The van der Waals surface area contributed by atoms with Crippen molar-refractivity contribution in [2.75, 3.05) is 13.7 Å². The molecule has 12 heteroatoms. The molecular weight excluding hydrogens is 540 g/mol. The lowest BCUT2D eigenvalue weighted by Crippen LogP contribution is -2.56. The van der Waals surface area contributed by atoms with Crippen molar-refractivity contribution >= 4 is 29.7 Å². The van der Waals surface area contributed by atoms with E-state index in [1.54, 1.807) is 6.08 Å². The third-order valence-corrected chi connectivity index (χ3v) is 6.63. The van der Waals surface area contributed by atoms with E-state index < -0.39 is 59.6 Å². The summed E-state index contributed by atoms with van der Waals surface area (Å²) in [4.78, 5) is 64.6. The molecule has 10 nitrogen and oxygen atoms in total. The maximum atomic E-state index is 13.8. The van der Waals surface area contributed by atoms with E-state index in [4.69, 9.17) is 9.47 Å². The van der Waals surface area contributed by atoms with Crippen molar-refractivity contribution in [3.05, 3.63) is 47.5 Å². The number of nitrogens with one attached hydrogen (secondary N) is 2. The number of hydrogen-bond acceptors (Lipinski definition) is 7. The van der Waals surface area contributed by atoms with Crippen molar-refractivity contribution in [1.29, 1.82) is 0 Å². The molecule has 0 spiro atoms. The predicted octanol–water partition coefficient (Wildman–Crippen LogP) is 2.58. The van der Waals surface area contributed by atoms with Gasteiger partial charge in [0.2, 0.25) is 17.7 Å². The van der Waals surface area contributed by atoms with Crippen molar-refractivity contribution in [2.24, 2.45) is 5.92 Å². The van der Waals surface area contributed by atoms with Gasteiger partial charge in [0.25, 0.3) is 0 Å². The summed E-state index contributed by atoms with van der Waals surface area (Å²) in [7, 11) is 1.08. The van der Waals surface area contributed by atoms with Crippen LogP contribution in [0.15, 0.2) is 30.4 Å². The number of rotatable bonds is 13. The average Bonchev–Trinajstić information content (AvgIpc) is 3.39. The molecule has 0 radical (unpaired) electrons. The van der Waals surface area contributed by atoms with Gasteiger partial charge >= 0.3 is 11.9 Å². The first-order valence-corrected chi connectivity index (χ1v) is 13.6. The lowest BCUT2D eigenvalue weighted by molar-refractivity contribution is -0.163. The van der Waals surface area contributed by atoms with E-state index in [0.717, 1.165) is 25.7 Å². The molecule has 1 heterocycles. The lowest BCUT2D eigenvalue weighted by atomic mass is 10.0. The molecule has 3 amide bonds. The Morgan fingerprint density at radius 2 is 1.73 bits per heavy atom. The highest BCUT2D eigenvalue weighted by Crippen LogP contribution is 2.20. The molecule has 1 fully saturated rings. The summed E-state index contributed by atoms with van der Waals surface area (Å²) in [5.74, 6) is -4.75. The van der Waals surface area contributed by atoms with Crippen LogP contribution >= 0.6 is 0 Å². The Morgan fingerprint density at radius 1 is 1.07 bits per heavy atom. The number of amides is 3.